The highest BCUT2D eigenvalue weighted by molar-refractivity contribution is 6.31. The summed E-state index contributed by atoms with van der Waals surface area (Å²) in [7, 11) is 0. The lowest BCUT2D eigenvalue weighted by Gasteiger charge is -2.33. The van der Waals surface area contributed by atoms with Gasteiger partial charge in [0.1, 0.15) is 18.0 Å². The molecule has 5 heterocycles. The Labute approximate surface area is 209 Å². The minimum absolute atomic E-state index is 0.0204. The highest BCUT2D eigenvalue weighted by atomic mass is 35.5. The van der Waals surface area contributed by atoms with Gasteiger partial charge in [0.25, 0.3) is 0 Å². The number of aromatic amines is 1. The Kier molecular flexibility index (Phi) is 4.98. The second-order valence-corrected chi connectivity index (χ2v) is 8.97. The number of carbonyl (C=O) groups is 1. The lowest BCUT2D eigenvalue weighted by Crippen LogP contribution is -2.39. The number of halogens is 3. The molecule has 0 bridgehead atoms. The molecular weight excluding hydrogens is 492 g/mol. The maximum Gasteiger partial charge on any atom is 0.247 e. The number of imidazole rings is 1. The highest BCUT2D eigenvalue weighted by Gasteiger charge is 2.42. The average Bonchev–Trinajstić information content (AvgIpc) is 3.61. The number of H-pyrrole nitrogens is 1. The van der Waals surface area contributed by atoms with Gasteiger partial charge in [0, 0.05) is 17.7 Å². The average molecular weight is 511 g/mol. The van der Waals surface area contributed by atoms with E-state index in [1.165, 1.54) is 35.3 Å². The lowest BCUT2D eigenvalue weighted by molar-refractivity contribution is -0.129. The maximum atomic E-state index is 15.3. The normalized spacial score (nSPS) is 19.9. The Morgan fingerprint density at radius 3 is 2.86 bits per heavy atom. The summed E-state index contributed by atoms with van der Waals surface area (Å²) >= 11 is 6.08. The molecule has 3 aromatic heterocycles. The van der Waals surface area contributed by atoms with Gasteiger partial charge >= 0.3 is 0 Å². The van der Waals surface area contributed by atoms with Crippen molar-refractivity contribution in [2.45, 2.75) is 31.3 Å². The van der Waals surface area contributed by atoms with Crippen LogP contribution in [0.25, 0.3) is 22.5 Å². The first-order valence-electron chi connectivity index (χ1n) is 11.5. The molecule has 3 N–H and O–H groups in total. The Morgan fingerprint density at radius 1 is 1.22 bits per heavy atom. The van der Waals surface area contributed by atoms with E-state index in [0.29, 0.717) is 36.3 Å². The van der Waals surface area contributed by atoms with Crippen molar-refractivity contribution < 1.29 is 14.9 Å². The van der Waals surface area contributed by atoms with Crippen molar-refractivity contribution in [3.8, 4) is 16.9 Å². The van der Waals surface area contributed by atoms with Crippen LogP contribution in [0.2, 0.25) is 5.02 Å². The SMILES string of the molecule is [2H]c1nc([C@@H]2CC[C@@H]3CC(c4c(-n5cnnn5)ccc(Cl)c4F)=CC(=O)N32)[nH]c1-c1ccc(N)nc1F. The number of tetrazole rings is 1. The number of nitrogens with one attached hydrogen (secondary N) is 1. The molecule has 6 rings (SSSR count). The van der Waals surface area contributed by atoms with Crippen molar-refractivity contribution in [1.82, 2.24) is 40.1 Å². The van der Waals surface area contributed by atoms with Crippen LogP contribution in [0.4, 0.5) is 14.6 Å². The van der Waals surface area contributed by atoms with E-state index < -0.39 is 17.8 Å². The van der Waals surface area contributed by atoms with E-state index >= 15 is 4.39 Å². The Morgan fingerprint density at radius 2 is 2.08 bits per heavy atom. The van der Waals surface area contributed by atoms with Crippen molar-refractivity contribution >= 4 is 28.9 Å². The fraction of sp³-hybridized carbons (Fsp3) is 0.217. The van der Waals surface area contributed by atoms with Gasteiger partial charge in [-0.25, -0.2) is 14.4 Å². The van der Waals surface area contributed by atoms with Crippen molar-refractivity contribution in [3.63, 3.8) is 0 Å². The summed E-state index contributed by atoms with van der Waals surface area (Å²) in [4.78, 5) is 25.9. The van der Waals surface area contributed by atoms with Crippen LogP contribution in [0, 0.1) is 11.8 Å². The molecule has 1 fully saturated rings. The van der Waals surface area contributed by atoms with Crippen LogP contribution in [-0.4, -0.2) is 52.0 Å². The fourth-order valence-electron chi connectivity index (χ4n) is 4.92. The van der Waals surface area contributed by atoms with E-state index in [2.05, 4.69) is 30.5 Å². The van der Waals surface area contributed by atoms with Gasteiger partial charge in [0.05, 0.1) is 35.6 Å². The highest BCUT2D eigenvalue weighted by Crippen LogP contribution is 2.44. The lowest BCUT2D eigenvalue weighted by atomic mass is 9.92. The summed E-state index contributed by atoms with van der Waals surface area (Å²) in [6, 6.07) is 5.16. The first-order chi connectivity index (χ1) is 17.8. The van der Waals surface area contributed by atoms with Crippen LogP contribution in [0.15, 0.2) is 42.8 Å². The largest absolute Gasteiger partial charge is 0.384 e. The van der Waals surface area contributed by atoms with Crippen LogP contribution in [-0.2, 0) is 4.79 Å². The molecule has 13 heteroatoms. The van der Waals surface area contributed by atoms with E-state index in [-0.39, 0.29) is 45.8 Å². The van der Waals surface area contributed by atoms with Gasteiger partial charge in [0.2, 0.25) is 11.9 Å². The number of nitrogen functional groups attached to an aromatic ring is 1. The molecule has 36 heavy (non-hydrogen) atoms. The monoisotopic (exact) mass is 510 g/mol. The van der Waals surface area contributed by atoms with E-state index in [9.17, 15) is 9.18 Å². The number of hydrogen-bond donors (Lipinski definition) is 2. The van der Waals surface area contributed by atoms with Gasteiger partial charge in [0.15, 0.2) is 5.82 Å². The number of anilines is 1. The van der Waals surface area contributed by atoms with Gasteiger partial charge < -0.3 is 15.6 Å². The molecule has 1 saturated heterocycles. The summed E-state index contributed by atoms with van der Waals surface area (Å²) in [5, 5.41) is 11.0. The summed E-state index contributed by atoms with van der Waals surface area (Å²) < 4.78 is 39.2. The molecule has 1 aromatic carbocycles. The van der Waals surface area contributed by atoms with E-state index in [1.807, 2.05) is 0 Å². The fourth-order valence-corrected chi connectivity index (χ4v) is 5.08. The zero-order valence-corrected chi connectivity index (χ0v) is 19.2. The molecule has 0 unspecified atom stereocenters. The van der Waals surface area contributed by atoms with Crippen LogP contribution in [0.3, 0.4) is 0 Å². The molecule has 2 aliphatic heterocycles. The molecule has 2 atom stereocenters. The van der Waals surface area contributed by atoms with Crippen LogP contribution >= 0.6 is 11.6 Å². The number of hydrogen-bond acceptors (Lipinski definition) is 7. The Hall–Kier alpha value is -4.19. The number of nitrogens with two attached hydrogens (primary N) is 1. The minimum atomic E-state index is -0.823. The summed E-state index contributed by atoms with van der Waals surface area (Å²) in [6.45, 7) is 0. The van der Waals surface area contributed by atoms with Gasteiger partial charge in [-0.15, -0.1) is 5.10 Å². The first-order valence-corrected chi connectivity index (χ1v) is 11.4. The maximum absolute atomic E-state index is 15.3. The van der Waals surface area contributed by atoms with E-state index in [4.69, 9.17) is 18.7 Å². The third kappa shape index (κ3) is 3.61. The van der Waals surface area contributed by atoms with Crippen molar-refractivity contribution in [2.75, 3.05) is 5.73 Å². The third-order valence-corrected chi connectivity index (χ3v) is 6.79. The number of aromatic nitrogens is 7. The van der Waals surface area contributed by atoms with Crippen LogP contribution < -0.4 is 5.73 Å². The van der Waals surface area contributed by atoms with Gasteiger partial charge in [-0.05, 0) is 59.5 Å². The quantitative estimate of drug-likeness (QED) is 0.402. The first kappa shape index (κ1) is 21.1. The number of nitrogens with zero attached hydrogens (tertiary/aromatic N) is 7. The number of carbonyl (C=O) groups excluding carboxylic acids is 1. The standard InChI is InChI=1S/C23H18ClF2N9O/c24-14-3-5-16(34-10-29-32-33-34)20(21(14)25)11-7-12-1-4-17(35(12)19(36)8-11)23-28-9-15(30-23)13-2-6-18(27)31-22(13)26/h2-3,5-6,8-10,12,17H,1,4,7H2,(H2,27,31)(H,28,30)/t12-,17+/m1/s1/i9D. The number of benzene rings is 1. The topological polar surface area (TPSA) is 132 Å². The van der Waals surface area contributed by atoms with Gasteiger partial charge in [-0.1, -0.05) is 11.6 Å². The van der Waals surface area contributed by atoms with Crippen LogP contribution in [0.1, 0.15) is 38.1 Å². The summed E-state index contributed by atoms with van der Waals surface area (Å²) in [6.07, 6.45) is 4.10. The van der Waals surface area contributed by atoms with Crippen molar-refractivity contribution in [2.24, 2.45) is 0 Å². The van der Waals surface area contributed by atoms with Gasteiger partial charge in [-0.3, -0.25) is 4.79 Å². The number of rotatable bonds is 4. The summed E-state index contributed by atoms with van der Waals surface area (Å²) in [5.41, 5.74) is 6.75. The molecule has 2 aliphatic rings. The van der Waals surface area contributed by atoms with Crippen molar-refractivity contribution in [1.29, 1.82) is 0 Å². The number of amides is 1. The Bertz CT molecular complexity index is 1570. The molecule has 0 saturated carbocycles. The number of pyridine rings is 1. The van der Waals surface area contributed by atoms with Gasteiger partial charge in [-0.2, -0.15) is 9.07 Å². The molecule has 0 aliphatic carbocycles. The molecule has 10 nitrogen and oxygen atoms in total. The predicted molar refractivity (Wildman–Crippen MR) is 126 cm³/mol. The second-order valence-electron chi connectivity index (χ2n) is 8.56. The zero-order valence-electron chi connectivity index (χ0n) is 19.5. The van der Waals surface area contributed by atoms with Crippen molar-refractivity contribution in [3.05, 3.63) is 71.0 Å². The molecular formula is C23H18ClF2N9O. The van der Waals surface area contributed by atoms with Crippen LogP contribution in [0.5, 0.6) is 0 Å². The predicted octanol–water partition coefficient (Wildman–Crippen LogP) is 3.48. The Balaban J connectivity index is 1.35. The molecule has 0 spiro atoms. The van der Waals surface area contributed by atoms with E-state index in [0.717, 1.165) is 0 Å². The molecule has 182 valence electrons. The number of fused-ring (bicyclic) bond motifs is 1. The molecule has 4 aromatic rings. The smallest absolute Gasteiger partial charge is 0.247 e. The molecule has 0 radical (unpaired) electrons. The third-order valence-electron chi connectivity index (χ3n) is 6.50. The summed E-state index contributed by atoms with van der Waals surface area (Å²) in [5.74, 6) is -1.43. The minimum Gasteiger partial charge on any atom is -0.384 e. The second kappa shape index (κ2) is 8.48. The zero-order chi connectivity index (χ0) is 25.8. The van der Waals surface area contributed by atoms with E-state index in [1.54, 1.807) is 11.0 Å². The molecule has 1 amide bonds.